The Kier molecular flexibility index (Phi) is 6.14. The third-order valence-corrected chi connectivity index (χ3v) is 5.35. The standard InChI is InChI=1S/C21H26N4O3/c26-19(25-12-14-27-15-13-25)16-24-10-6-17(7-11-24)20-21(23-9-8-22-20)28-18-4-2-1-3-5-18/h1-5,8-9,17H,6-7,10-16H2. The minimum atomic E-state index is 0.203. The van der Waals surface area contributed by atoms with Gasteiger partial charge in [0.05, 0.1) is 19.8 Å². The molecule has 2 aliphatic rings. The first-order valence-electron chi connectivity index (χ1n) is 9.91. The summed E-state index contributed by atoms with van der Waals surface area (Å²) in [5.74, 6) is 1.84. The average molecular weight is 382 g/mol. The van der Waals surface area contributed by atoms with Gasteiger partial charge in [-0.15, -0.1) is 0 Å². The number of benzene rings is 1. The fraction of sp³-hybridized carbons (Fsp3) is 0.476. The Morgan fingerprint density at radius 1 is 1.04 bits per heavy atom. The van der Waals surface area contributed by atoms with Crippen LogP contribution in [0.25, 0.3) is 0 Å². The maximum Gasteiger partial charge on any atom is 0.241 e. The van der Waals surface area contributed by atoms with Crippen LogP contribution in [0.5, 0.6) is 11.6 Å². The predicted molar refractivity (Wildman–Crippen MR) is 104 cm³/mol. The van der Waals surface area contributed by atoms with E-state index in [0.717, 1.165) is 37.4 Å². The second-order valence-electron chi connectivity index (χ2n) is 7.21. The van der Waals surface area contributed by atoms with E-state index in [0.29, 0.717) is 44.6 Å². The van der Waals surface area contributed by atoms with Gasteiger partial charge in [-0.1, -0.05) is 18.2 Å². The number of aromatic nitrogens is 2. The van der Waals surface area contributed by atoms with Crippen molar-refractivity contribution in [2.75, 3.05) is 45.9 Å². The number of piperidine rings is 1. The molecule has 0 saturated carbocycles. The normalized spacial score (nSPS) is 18.8. The maximum absolute atomic E-state index is 12.5. The number of carbonyl (C=O) groups excluding carboxylic acids is 1. The highest BCUT2D eigenvalue weighted by atomic mass is 16.5. The summed E-state index contributed by atoms with van der Waals surface area (Å²) < 4.78 is 11.3. The minimum absolute atomic E-state index is 0.203. The van der Waals surface area contributed by atoms with Crippen molar-refractivity contribution in [3.8, 4) is 11.6 Å². The second kappa shape index (κ2) is 9.12. The van der Waals surface area contributed by atoms with Crippen LogP contribution in [0.1, 0.15) is 24.5 Å². The van der Waals surface area contributed by atoms with E-state index in [9.17, 15) is 4.79 Å². The summed E-state index contributed by atoms with van der Waals surface area (Å²) in [5.41, 5.74) is 0.908. The van der Waals surface area contributed by atoms with Gasteiger partial charge in [-0.05, 0) is 38.1 Å². The van der Waals surface area contributed by atoms with Gasteiger partial charge >= 0.3 is 0 Å². The summed E-state index contributed by atoms with van der Waals surface area (Å²) in [5, 5.41) is 0. The fourth-order valence-electron chi connectivity index (χ4n) is 3.76. The van der Waals surface area contributed by atoms with Crippen molar-refractivity contribution in [1.82, 2.24) is 19.8 Å². The predicted octanol–water partition coefficient (Wildman–Crippen LogP) is 2.31. The van der Waals surface area contributed by atoms with Crippen LogP contribution in [0, 0.1) is 0 Å². The van der Waals surface area contributed by atoms with Crippen LogP contribution in [0.2, 0.25) is 0 Å². The summed E-state index contributed by atoms with van der Waals surface area (Å²) in [6.45, 7) is 4.93. The maximum atomic E-state index is 12.5. The van der Waals surface area contributed by atoms with Gasteiger partial charge in [0, 0.05) is 31.4 Å². The molecule has 28 heavy (non-hydrogen) atoms. The number of hydrogen-bond acceptors (Lipinski definition) is 6. The van der Waals surface area contributed by atoms with Crippen LogP contribution >= 0.6 is 0 Å². The highest BCUT2D eigenvalue weighted by molar-refractivity contribution is 5.78. The third-order valence-electron chi connectivity index (χ3n) is 5.35. The van der Waals surface area contributed by atoms with Crippen molar-refractivity contribution in [2.24, 2.45) is 0 Å². The SMILES string of the molecule is O=C(CN1CCC(c2nccnc2Oc2ccccc2)CC1)N1CCOCC1. The summed E-state index contributed by atoms with van der Waals surface area (Å²) >= 11 is 0. The number of morpholine rings is 1. The fourth-order valence-corrected chi connectivity index (χ4v) is 3.76. The lowest BCUT2D eigenvalue weighted by molar-refractivity contribution is -0.136. The molecule has 1 aromatic heterocycles. The number of amides is 1. The molecule has 0 aliphatic carbocycles. The smallest absolute Gasteiger partial charge is 0.241 e. The number of hydrogen-bond donors (Lipinski definition) is 0. The van der Waals surface area contributed by atoms with Crippen LogP contribution in [0.3, 0.4) is 0 Å². The zero-order valence-electron chi connectivity index (χ0n) is 16.0. The molecule has 7 heteroatoms. The lowest BCUT2D eigenvalue weighted by atomic mass is 9.93. The molecule has 0 N–H and O–H groups in total. The van der Waals surface area contributed by atoms with E-state index in [2.05, 4.69) is 14.9 Å². The van der Waals surface area contributed by atoms with Crippen molar-refractivity contribution < 1.29 is 14.3 Å². The highest BCUT2D eigenvalue weighted by Crippen LogP contribution is 2.33. The van der Waals surface area contributed by atoms with E-state index in [-0.39, 0.29) is 5.91 Å². The lowest BCUT2D eigenvalue weighted by Gasteiger charge is -2.34. The van der Waals surface area contributed by atoms with Gasteiger partial charge < -0.3 is 14.4 Å². The number of ether oxygens (including phenoxy) is 2. The third kappa shape index (κ3) is 4.66. The molecule has 7 nitrogen and oxygen atoms in total. The first-order chi connectivity index (χ1) is 13.8. The lowest BCUT2D eigenvalue weighted by Crippen LogP contribution is -2.47. The number of para-hydroxylation sites is 1. The number of likely N-dealkylation sites (tertiary alicyclic amines) is 1. The minimum Gasteiger partial charge on any atom is -0.437 e. The quantitative estimate of drug-likeness (QED) is 0.791. The topological polar surface area (TPSA) is 67.8 Å². The van der Waals surface area contributed by atoms with Crippen LogP contribution < -0.4 is 4.74 Å². The molecule has 2 fully saturated rings. The van der Waals surface area contributed by atoms with E-state index in [1.165, 1.54) is 0 Å². The van der Waals surface area contributed by atoms with Gasteiger partial charge in [-0.2, -0.15) is 0 Å². The molecular weight excluding hydrogens is 356 g/mol. The molecule has 1 aromatic carbocycles. The van der Waals surface area contributed by atoms with Gasteiger partial charge in [0.15, 0.2) is 0 Å². The Labute approximate surface area is 165 Å². The Bertz CT molecular complexity index is 772. The Balaban J connectivity index is 1.34. The molecule has 4 rings (SSSR count). The van der Waals surface area contributed by atoms with Crippen LogP contribution in [-0.4, -0.2) is 71.6 Å². The molecular formula is C21H26N4O3. The molecule has 0 unspecified atom stereocenters. The Hall–Kier alpha value is -2.51. The van der Waals surface area contributed by atoms with Crippen molar-refractivity contribution in [3.05, 3.63) is 48.4 Å². The Morgan fingerprint density at radius 3 is 2.50 bits per heavy atom. The van der Waals surface area contributed by atoms with Crippen molar-refractivity contribution in [2.45, 2.75) is 18.8 Å². The highest BCUT2D eigenvalue weighted by Gasteiger charge is 2.27. The van der Waals surface area contributed by atoms with Crippen LogP contribution in [0.4, 0.5) is 0 Å². The molecule has 0 radical (unpaired) electrons. The van der Waals surface area contributed by atoms with Crippen molar-refractivity contribution >= 4 is 5.91 Å². The van der Waals surface area contributed by atoms with Gasteiger partial charge in [-0.25, -0.2) is 4.98 Å². The summed E-state index contributed by atoms with van der Waals surface area (Å²) in [6, 6.07) is 9.67. The molecule has 148 valence electrons. The van der Waals surface area contributed by atoms with Crippen molar-refractivity contribution in [3.63, 3.8) is 0 Å². The van der Waals surface area contributed by atoms with E-state index < -0.39 is 0 Å². The molecule has 1 amide bonds. The zero-order chi connectivity index (χ0) is 19.2. The van der Waals surface area contributed by atoms with Crippen molar-refractivity contribution in [1.29, 1.82) is 0 Å². The molecule has 0 atom stereocenters. The van der Waals surface area contributed by atoms with E-state index in [1.807, 2.05) is 35.2 Å². The number of nitrogens with zero attached hydrogens (tertiary/aromatic N) is 4. The number of carbonyl (C=O) groups is 1. The monoisotopic (exact) mass is 382 g/mol. The summed E-state index contributed by atoms with van der Waals surface area (Å²) in [4.78, 5) is 25.6. The van der Waals surface area contributed by atoms with Gasteiger partial charge in [0.25, 0.3) is 0 Å². The van der Waals surface area contributed by atoms with E-state index in [1.54, 1.807) is 12.4 Å². The molecule has 2 aromatic rings. The molecule has 3 heterocycles. The summed E-state index contributed by atoms with van der Waals surface area (Å²) in [6.07, 6.45) is 5.28. The molecule has 0 bridgehead atoms. The largest absolute Gasteiger partial charge is 0.437 e. The first kappa shape index (κ1) is 18.8. The van der Waals surface area contributed by atoms with Gasteiger partial charge in [-0.3, -0.25) is 14.7 Å². The van der Waals surface area contributed by atoms with Gasteiger partial charge in [0.1, 0.15) is 11.4 Å². The number of rotatable bonds is 5. The van der Waals surface area contributed by atoms with Gasteiger partial charge in [0.2, 0.25) is 11.8 Å². The zero-order valence-corrected chi connectivity index (χ0v) is 16.0. The Morgan fingerprint density at radius 2 is 1.75 bits per heavy atom. The summed E-state index contributed by atoms with van der Waals surface area (Å²) in [7, 11) is 0. The van der Waals surface area contributed by atoms with Crippen LogP contribution in [0.15, 0.2) is 42.7 Å². The van der Waals surface area contributed by atoms with Crippen LogP contribution in [-0.2, 0) is 9.53 Å². The molecule has 2 aliphatic heterocycles. The first-order valence-corrected chi connectivity index (χ1v) is 9.91. The van der Waals surface area contributed by atoms with E-state index >= 15 is 0 Å². The average Bonchev–Trinajstić information content (AvgIpc) is 2.76. The molecule has 2 saturated heterocycles. The van der Waals surface area contributed by atoms with E-state index in [4.69, 9.17) is 9.47 Å². The molecule has 0 spiro atoms. The second-order valence-corrected chi connectivity index (χ2v) is 7.21.